The van der Waals surface area contributed by atoms with Gasteiger partial charge >= 0.3 is 0 Å². The second-order valence-corrected chi connectivity index (χ2v) is 5.45. The molecule has 1 unspecified atom stereocenters. The summed E-state index contributed by atoms with van der Waals surface area (Å²) >= 11 is 0. The van der Waals surface area contributed by atoms with Crippen LogP contribution in [0.5, 0.6) is 0 Å². The van der Waals surface area contributed by atoms with Crippen LogP contribution in [0.2, 0.25) is 0 Å². The van der Waals surface area contributed by atoms with E-state index in [-0.39, 0.29) is 0 Å². The molecular formula is C14H20N4. The van der Waals surface area contributed by atoms with E-state index in [1.807, 2.05) is 24.5 Å². The van der Waals surface area contributed by atoms with Gasteiger partial charge in [-0.3, -0.25) is 0 Å². The molecule has 0 saturated carbocycles. The van der Waals surface area contributed by atoms with Gasteiger partial charge in [0.15, 0.2) is 0 Å². The molecule has 1 fully saturated rings. The molecule has 0 bridgehead atoms. The van der Waals surface area contributed by atoms with Crippen molar-refractivity contribution in [2.75, 3.05) is 18.8 Å². The summed E-state index contributed by atoms with van der Waals surface area (Å²) in [6.45, 7) is 6.80. The number of likely N-dealkylation sites (tertiary alicyclic amines) is 1. The molecule has 4 nitrogen and oxygen atoms in total. The van der Waals surface area contributed by atoms with Crippen LogP contribution in [-0.2, 0) is 0 Å². The first-order valence-corrected chi connectivity index (χ1v) is 6.61. The molecule has 2 aromatic rings. The summed E-state index contributed by atoms with van der Waals surface area (Å²) < 4.78 is 2.17. The van der Waals surface area contributed by atoms with Crippen LogP contribution in [0.1, 0.15) is 32.0 Å². The Hall–Kier alpha value is -1.55. The second kappa shape index (κ2) is 4.28. The lowest BCUT2D eigenvalue weighted by molar-refractivity contribution is 0.272. The van der Waals surface area contributed by atoms with Crippen LogP contribution < -0.4 is 5.73 Å². The number of anilines is 1. The molecule has 1 aliphatic heterocycles. The SMILES string of the molecule is CC(C)N1CCC(c2ncc3cc(N)ccn23)C1. The monoisotopic (exact) mass is 244 g/mol. The van der Waals surface area contributed by atoms with Gasteiger partial charge in [0.1, 0.15) is 5.82 Å². The third-order valence-electron chi connectivity index (χ3n) is 3.90. The number of fused-ring (bicyclic) bond motifs is 1. The Balaban J connectivity index is 1.91. The molecule has 0 aliphatic carbocycles. The number of hydrogen-bond donors (Lipinski definition) is 1. The Morgan fingerprint density at radius 2 is 2.28 bits per heavy atom. The fraction of sp³-hybridized carbons (Fsp3) is 0.500. The minimum Gasteiger partial charge on any atom is -0.399 e. The molecule has 0 amide bonds. The fourth-order valence-corrected chi connectivity index (χ4v) is 2.81. The van der Waals surface area contributed by atoms with Gasteiger partial charge in [0.2, 0.25) is 0 Å². The lowest BCUT2D eigenvalue weighted by Crippen LogP contribution is -2.28. The van der Waals surface area contributed by atoms with Gasteiger partial charge in [0.05, 0.1) is 11.7 Å². The summed E-state index contributed by atoms with van der Waals surface area (Å²) in [5, 5.41) is 0. The predicted octanol–water partition coefficient (Wildman–Crippen LogP) is 2.11. The van der Waals surface area contributed by atoms with Crippen LogP contribution in [0, 0.1) is 0 Å². The minimum absolute atomic E-state index is 0.540. The summed E-state index contributed by atoms with van der Waals surface area (Å²) in [5.74, 6) is 1.71. The van der Waals surface area contributed by atoms with E-state index in [2.05, 4.69) is 28.1 Å². The molecule has 0 spiro atoms. The normalized spacial score (nSPS) is 21.2. The number of hydrogen-bond acceptors (Lipinski definition) is 3. The molecule has 1 aliphatic rings. The Morgan fingerprint density at radius 3 is 3.00 bits per heavy atom. The number of rotatable bonds is 2. The Morgan fingerprint density at radius 1 is 1.44 bits per heavy atom. The summed E-state index contributed by atoms with van der Waals surface area (Å²) in [5.41, 5.74) is 7.69. The van der Waals surface area contributed by atoms with Gasteiger partial charge in [0, 0.05) is 30.4 Å². The van der Waals surface area contributed by atoms with Gasteiger partial charge in [-0.1, -0.05) is 0 Å². The number of pyridine rings is 1. The number of nitrogen functional groups attached to an aromatic ring is 1. The van der Waals surface area contributed by atoms with Crippen molar-refractivity contribution < 1.29 is 0 Å². The summed E-state index contributed by atoms with van der Waals surface area (Å²) in [7, 11) is 0. The van der Waals surface area contributed by atoms with Crippen molar-refractivity contribution in [3.05, 3.63) is 30.4 Å². The zero-order chi connectivity index (χ0) is 12.7. The molecule has 18 heavy (non-hydrogen) atoms. The Bertz CT molecular complexity index is 558. The van der Waals surface area contributed by atoms with Crippen molar-refractivity contribution in [2.45, 2.75) is 32.2 Å². The summed E-state index contributed by atoms with van der Waals surface area (Å²) in [6, 6.07) is 4.54. The highest BCUT2D eigenvalue weighted by Crippen LogP contribution is 2.28. The van der Waals surface area contributed by atoms with Crippen LogP contribution in [0.4, 0.5) is 5.69 Å². The molecule has 1 saturated heterocycles. The molecule has 0 radical (unpaired) electrons. The standard InChI is InChI=1S/C14H20N4/c1-10(2)17-5-3-11(9-17)14-16-8-13-7-12(15)4-6-18(13)14/h4,6-8,10-11H,3,5,9,15H2,1-2H3. The predicted molar refractivity (Wildman–Crippen MR) is 73.7 cm³/mol. The first kappa shape index (κ1) is 11.5. The average molecular weight is 244 g/mol. The zero-order valence-electron chi connectivity index (χ0n) is 11.0. The topological polar surface area (TPSA) is 46.6 Å². The number of nitrogens with zero attached hydrogens (tertiary/aromatic N) is 3. The molecule has 2 N–H and O–H groups in total. The molecule has 96 valence electrons. The quantitative estimate of drug-likeness (QED) is 0.880. The van der Waals surface area contributed by atoms with Gasteiger partial charge in [-0.2, -0.15) is 0 Å². The maximum absolute atomic E-state index is 5.80. The minimum atomic E-state index is 0.540. The van der Waals surface area contributed by atoms with Crippen molar-refractivity contribution in [2.24, 2.45) is 0 Å². The third kappa shape index (κ3) is 1.86. The Labute approximate surface area is 107 Å². The highest BCUT2D eigenvalue weighted by atomic mass is 15.2. The lowest BCUT2D eigenvalue weighted by Gasteiger charge is -2.19. The first-order valence-electron chi connectivity index (χ1n) is 6.61. The van der Waals surface area contributed by atoms with Crippen LogP contribution in [0.25, 0.3) is 5.52 Å². The van der Waals surface area contributed by atoms with Gasteiger partial charge in [-0.25, -0.2) is 4.98 Å². The van der Waals surface area contributed by atoms with Gasteiger partial charge in [-0.05, 0) is 38.9 Å². The van der Waals surface area contributed by atoms with Crippen molar-refractivity contribution >= 4 is 11.2 Å². The van der Waals surface area contributed by atoms with E-state index in [0.29, 0.717) is 12.0 Å². The van der Waals surface area contributed by atoms with Crippen LogP contribution in [0.3, 0.4) is 0 Å². The molecule has 1 atom stereocenters. The molecule has 3 heterocycles. The highest BCUT2D eigenvalue weighted by molar-refractivity contribution is 5.56. The smallest absolute Gasteiger partial charge is 0.117 e. The van der Waals surface area contributed by atoms with Gasteiger partial charge in [0.25, 0.3) is 0 Å². The number of nitrogens with two attached hydrogens (primary N) is 1. The highest BCUT2D eigenvalue weighted by Gasteiger charge is 2.28. The average Bonchev–Trinajstić information content (AvgIpc) is 2.92. The van der Waals surface area contributed by atoms with E-state index in [0.717, 1.165) is 17.7 Å². The number of aromatic nitrogens is 2. The largest absolute Gasteiger partial charge is 0.399 e. The Kier molecular flexibility index (Phi) is 2.74. The third-order valence-corrected chi connectivity index (χ3v) is 3.90. The van der Waals surface area contributed by atoms with Gasteiger partial charge in [-0.15, -0.1) is 0 Å². The van der Waals surface area contributed by atoms with Gasteiger partial charge < -0.3 is 15.0 Å². The van der Waals surface area contributed by atoms with Crippen molar-refractivity contribution in [3.63, 3.8) is 0 Å². The van der Waals surface area contributed by atoms with Crippen molar-refractivity contribution in [1.29, 1.82) is 0 Å². The molecule has 3 rings (SSSR count). The molecule has 0 aromatic carbocycles. The van der Waals surface area contributed by atoms with E-state index < -0.39 is 0 Å². The van der Waals surface area contributed by atoms with E-state index in [1.54, 1.807) is 0 Å². The molecular weight excluding hydrogens is 224 g/mol. The zero-order valence-corrected chi connectivity index (χ0v) is 11.0. The van der Waals surface area contributed by atoms with Crippen LogP contribution in [-0.4, -0.2) is 33.4 Å². The van der Waals surface area contributed by atoms with E-state index in [9.17, 15) is 0 Å². The molecule has 2 aromatic heterocycles. The summed E-state index contributed by atoms with van der Waals surface area (Å²) in [6.07, 6.45) is 5.15. The van der Waals surface area contributed by atoms with Crippen LogP contribution in [0.15, 0.2) is 24.5 Å². The number of imidazole rings is 1. The van der Waals surface area contributed by atoms with E-state index >= 15 is 0 Å². The second-order valence-electron chi connectivity index (χ2n) is 5.45. The lowest BCUT2D eigenvalue weighted by atomic mass is 10.1. The molecule has 4 heteroatoms. The first-order chi connectivity index (χ1) is 8.65. The maximum atomic E-state index is 5.80. The van der Waals surface area contributed by atoms with Crippen LogP contribution >= 0.6 is 0 Å². The van der Waals surface area contributed by atoms with E-state index in [4.69, 9.17) is 5.73 Å². The van der Waals surface area contributed by atoms with E-state index in [1.165, 1.54) is 18.8 Å². The summed E-state index contributed by atoms with van der Waals surface area (Å²) in [4.78, 5) is 7.11. The maximum Gasteiger partial charge on any atom is 0.117 e. The fourth-order valence-electron chi connectivity index (χ4n) is 2.81. The van der Waals surface area contributed by atoms with Crippen molar-refractivity contribution in [3.8, 4) is 0 Å². The van der Waals surface area contributed by atoms with Crippen molar-refractivity contribution in [1.82, 2.24) is 14.3 Å².